The maximum Gasteiger partial charge on any atom is 0.276 e. The van der Waals surface area contributed by atoms with Crippen molar-refractivity contribution in [3.63, 3.8) is 0 Å². The quantitative estimate of drug-likeness (QED) is 0.941. The van der Waals surface area contributed by atoms with Crippen molar-refractivity contribution in [3.8, 4) is 0 Å². The monoisotopic (exact) mass is 324 g/mol. The molecule has 1 aromatic carbocycles. The van der Waals surface area contributed by atoms with Gasteiger partial charge < -0.3 is 10.2 Å². The van der Waals surface area contributed by atoms with Crippen molar-refractivity contribution in [3.05, 3.63) is 54.0 Å². The summed E-state index contributed by atoms with van der Waals surface area (Å²) in [5, 5.41) is 2.70. The minimum Gasteiger partial charge on any atom is -0.337 e. The summed E-state index contributed by atoms with van der Waals surface area (Å²) in [6.07, 6.45) is 5.05. The summed E-state index contributed by atoms with van der Waals surface area (Å²) < 4.78 is 0. The van der Waals surface area contributed by atoms with Crippen molar-refractivity contribution in [1.82, 2.24) is 14.9 Å². The Morgan fingerprint density at radius 3 is 2.67 bits per heavy atom. The minimum atomic E-state index is -0.308. The van der Waals surface area contributed by atoms with Gasteiger partial charge in [-0.15, -0.1) is 0 Å². The van der Waals surface area contributed by atoms with E-state index < -0.39 is 0 Å². The van der Waals surface area contributed by atoms with Crippen molar-refractivity contribution in [2.75, 3.05) is 18.4 Å². The standard InChI is InChI=1S/C18H20N4O2/c1-13-6-5-11-22(12-13)18(24)15-16(20-10-9-19-15)21-17(23)14-7-3-2-4-8-14/h2-4,7-10,13H,5-6,11-12H2,1H3,(H,20,21,23). The highest BCUT2D eigenvalue weighted by Crippen LogP contribution is 2.20. The molecule has 1 fully saturated rings. The molecular weight excluding hydrogens is 304 g/mol. The van der Waals surface area contributed by atoms with Crippen LogP contribution in [0.2, 0.25) is 0 Å². The predicted octanol–water partition coefficient (Wildman–Crippen LogP) is 2.60. The Hall–Kier alpha value is -2.76. The van der Waals surface area contributed by atoms with Gasteiger partial charge in [0.2, 0.25) is 0 Å². The highest BCUT2D eigenvalue weighted by atomic mass is 16.2. The summed E-state index contributed by atoms with van der Waals surface area (Å²) in [5.41, 5.74) is 0.698. The predicted molar refractivity (Wildman–Crippen MR) is 90.7 cm³/mol. The molecule has 2 aromatic rings. The van der Waals surface area contributed by atoms with Crippen LogP contribution in [0.25, 0.3) is 0 Å². The lowest BCUT2D eigenvalue weighted by Crippen LogP contribution is -2.40. The van der Waals surface area contributed by atoms with Gasteiger partial charge >= 0.3 is 0 Å². The molecule has 0 aliphatic carbocycles. The molecule has 0 bridgehead atoms. The third-order valence-corrected chi connectivity index (χ3v) is 4.11. The number of likely N-dealkylation sites (tertiary alicyclic amines) is 1. The summed E-state index contributed by atoms with van der Waals surface area (Å²) in [5.74, 6) is 0.187. The van der Waals surface area contributed by atoms with Crippen LogP contribution < -0.4 is 5.32 Å². The number of carbonyl (C=O) groups is 2. The number of nitrogens with one attached hydrogen (secondary N) is 1. The lowest BCUT2D eigenvalue weighted by atomic mass is 10.00. The number of anilines is 1. The highest BCUT2D eigenvalue weighted by molar-refractivity contribution is 6.07. The van der Waals surface area contributed by atoms with Gasteiger partial charge in [0.25, 0.3) is 11.8 Å². The van der Waals surface area contributed by atoms with Gasteiger partial charge in [0.1, 0.15) is 0 Å². The van der Waals surface area contributed by atoms with Gasteiger partial charge in [-0.3, -0.25) is 9.59 Å². The van der Waals surface area contributed by atoms with Gasteiger partial charge in [-0.2, -0.15) is 0 Å². The zero-order valence-corrected chi connectivity index (χ0v) is 13.6. The number of hydrogen-bond acceptors (Lipinski definition) is 4. The van der Waals surface area contributed by atoms with E-state index in [4.69, 9.17) is 0 Å². The van der Waals surface area contributed by atoms with Crippen LogP contribution in [0, 0.1) is 5.92 Å². The summed E-state index contributed by atoms with van der Waals surface area (Å²) in [6.45, 7) is 3.56. The fourth-order valence-corrected chi connectivity index (χ4v) is 2.88. The van der Waals surface area contributed by atoms with Crippen LogP contribution in [0.5, 0.6) is 0 Å². The van der Waals surface area contributed by atoms with Crippen LogP contribution >= 0.6 is 0 Å². The maximum absolute atomic E-state index is 12.8. The lowest BCUT2D eigenvalue weighted by molar-refractivity contribution is 0.0678. The van der Waals surface area contributed by atoms with Crippen molar-refractivity contribution >= 4 is 17.6 Å². The van der Waals surface area contributed by atoms with Crippen molar-refractivity contribution in [2.24, 2.45) is 5.92 Å². The maximum atomic E-state index is 12.8. The first-order valence-electron chi connectivity index (χ1n) is 8.12. The molecule has 1 atom stereocenters. The molecule has 1 unspecified atom stereocenters. The Morgan fingerprint density at radius 1 is 1.17 bits per heavy atom. The van der Waals surface area contributed by atoms with Crippen molar-refractivity contribution in [2.45, 2.75) is 19.8 Å². The van der Waals surface area contributed by atoms with E-state index in [1.54, 1.807) is 29.2 Å². The average molecular weight is 324 g/mol. The first-order valence-corrected chi connectivity index (χ1v) is 8.12. The normalized spacial score (nSPS) is 17.4. The fourth-order valence-electron chi connectivity index (χ4n) is 2.88. The zero-order valence-electron chi connectivity index (χ0n) is 13.6. The first kappa shape index (κ1) is 16.1. The van der Waals surface area contributed by atoms with E-state index in [1.165, 1.54) is 12.4 Å². The smallest absolute Gasteiger partial charge is 0.276 e. The summed E-state index contributed by atoms with van der Waals surface area (Å²) in [4.78, 5) is 35.2. The molecule has 1 N–H and O–H groups in total. The molecule has 124 valence electrons. The molecule has 0 spiro atoms. The fraction of sp³-hybridized carbons (Fsp3) is 0.333. The summed E-state index contributed by atoms with van der Waals surface area (Å²) >= 11 is 0. The van der Waals surface area contributed by atoms with E-state index in [9.17, 15) is 9.59 Å². The largest absolute Gasteiger partial charge is 0.337 e. The zero-order chi connectivity index (χ0) is 16.9. The number of rotatable bonds is 3. The highest BCUT2D eigenvalue weighted by Gasteiger charge is 2.26. The molecule has 3 rings (SSSR count). The van der Waals surface area contributed by atoms with Crippen molar-refractivity contribution < 1.29 is 9.59 Å². The van der Waals surface area contributed by atoms with E-state index in [-0.39, 0.29) is 23.3 Å². The molecule has 6 nitrogen and oxygen atoms in total. The molecule has 1 aromatic heterocycles. The van der Waals surface area contributed by atoms with Crippen LogP contribution in [-0.2, 0) is 0 Å². The van der Waals surface area contributed by atoms with E-state index >= 15 is 0 Å². The van der Waals surface area contributed by atoms with Crippen LogP contribution in [-0.4, -0.2) is 39.8 Å². The molecule has 24 heavy (non-hydrogen) atoms. The lowest BCUT2D eigenvalue weighted by Gasteiger charge is -2.30. The van der Waals surface area contributed by atoms with Gasteiger partial charge in [0.15, 0.2) is 11.5 Å². The van der Waals surface area contributed by atoms with Crippen LogP contribution in [0.15, 0.2) is 42.7 Å². The molecule has 1 saturated heterocycles. The molecule has 1 aliphatic rings. The number of amides is 2. The Balaban J connectivity index is 1.80. The minimum absolute atomic E-state index is 0.182. The van der Waals surface area contributed by atoms with Gasteiger partial charge in [-0.1, -0.05) is 25.1 Å². The number of piperidine rings is 1. The Bertz CT molecular complexity index is 733. The number of benzene rings is 1. The molecule has 2 heterocycles. The van der Waals surface area contributed by atoms with E-state index in [0.717, 1.165) is 12.8 Å². The third kappa shape index (κ3) is 3.59. The topological polar surface area (TPSA) is 75.2 Å². The van der Waals surface area contributed by atoms with Crippen molar-refractivity contribution in [1.29, 1.82) is 0 Å². The second-order valence-corrected chi connectivity index (χ2v) is 6.07. The van der Waals surface area contributed by atoms with Crippen LogP contribution in [0.3, 0.4) is 0 Å². The number of carbonyl (C=O) groups excluding carboxylic acids is 2. The summed E-state index contributed by atoms with van der Waals surface area (Å²) in [6, 6.07) is 8.82. The van der Waals surface area contributed by atoms with Gasteiger partial charge in [-0.05, 0) is 30.9 Å². The molecule has 0 saturated carbocycles. The average Bonchev–Trinajstić information content (AvgIpc) is 2.62. The number of hydrogen-bond donors (Lipinski definition) is 1. The van der Waals surface area contributed by atoms with E-state index in [0.29, 0.717) is 24.6 Å². The van der Waals surface area contributed by atoms with E-state index in [1.807, 2.05) is 6.07 Å². The molecular formula is C18H20N4O2. The van der Waals surface area contributed by atoms with Crippen LogP contribution in [0.1, 0.15) is 40.6 Å². The number of aromatic nitrogens is 2. The Kier molecular flexibility index (Phi) is 4.84. The Labute approximate surface area is 140 Å². The third-order valence-electron chi connectivity index (χ3n) is 4.11. The number of nitrogens with zero attached hydrogens (tertiary/aromatic N) is 3. The Morgan fingerprint density at radius 2 is 1.92 bits per heavy atom. The van der Waals surface area contributed by atoms with E-state index in [2.05, 4.69) is 22.2 Å². The molecule has 1 aliphatic heterocycles. The second kappa shape index (κ2) is 7.21. The van der Waals surface area contributed by atoms with Gasteiger partial charge in [0.05, 0.1) is 0 Å². The molecule has 6 heteroatoms. The first-order chi connectivity index (χ1) is 11.6. The van der Waals surface area contributed by atoms with Gasteiger partial charge in [0, 0.05) is 31.0 Å². The second-order valence-electron chi connectivity index (χ2n) is 6.07. The van der Waals surface area contributed by atoms with Crippen LogP contribution in [0.4, 0.5) is 5.82 Å². The molecule has 0 radical (unpaired) electrons. The SMILES string of the molecule is CC1CCCN(C(=O)c2nccnc2NC(=O)c2ccccc2)C1. The molecule has 2 amide bonds. The summed E-state index contributed by atoms with van der Waals surface area (Å²) in [7, 11) is 0. The van der Waals surface area contributed by atoms with Gasteiger partial charge in [-0.25, -0.2) is 9.97 Å².